The third kappa shape index (κ3) is 13.4. The largest absolute Gasteiger partial charge is 0.466 e. The Hall–Kier alpha value is -1.30. The van der Waals surface area contributed by atoms with Crippen LogP contribution in [0.1, 0.15) is 40.0 Å². The number of esters is 1. The molecule has 0 bridgehead atoms. The standard InChI is InChI=1S/C15H31N3O3/c1-5-21-14(19)7-6-9-17-15(16-4)18-10-12-20-11-8-13(2)3/h13H,5-12H2,1-4H3,(H2,16,17,18). The number of nitrogens with one attached hydrogen (secondary N) is 2. The predicted octanol–water partition coefficient (Wildman–Crippen LogP) is 1.56. The fourth-order valence-corrected chi connectivity index (χ4v) is 1.56. The molecule has 0 aromatic rings. The first-order valence-electron chi connectivity index (χ1n) is 7.78. The van der Waals surface area contributed by atoms with Crippen LogP contribution in [-0.2, 0) is 14.3 Å². The van der Waals surface area contributed by atoms with Crippen molar-refractivity contribution in [2.75, 3.05) is 40.0 Å². The highest BCUT2D eigenvalue weighted by atomic mass is 16.5. The van der Waals surface area contributed by atoms with Crippen LogP contribution >= 0.6 is 0 Å². The van der Waals surface area contributed by atoms with Gasteiger partial charge in [0, 0.05) is 33.2 Å². The number of nitrogens with zero attached hydrogens (tertiary/aromatic N) is 1. The average molecular weight is 301 g/mol. The van der Waals surface area contributed by atoms with E-state index in [2.05, 4.69) is 29.5 Å². The van der Waals surface area contributed by atoms with Crippen LogP contribution in [0, 0.1) is 5.92 Å². The molecule has 0 radical (unpaired) electrons. The number of rotatable bonds is 11. The zero-order chi connectivity index (χ0) is 15.9. The highest BCUT2D eigenvalue weighted by Gasteiger charge is 2.02. The minimum atomic E-state index is -0.152. The van der Waals surface area contributed by atoms with Crippen molar-refractivity contribution in [2.45, 2.75) is 40.0 Å². The van der Waals surface area contributed by atoms with Crippen molar-refractivity contribution in [3.63, 3.8) is 0 Å². The molecule has 0 aliphatic rings. The molecule has 0 aromatic carbocycles. The normalized spacial score (nSPS) is 11.6. The van der Waals surface area contributed by atoms with Crippen molar-refractivity contribution in [1.82, 2.24) is 10.6 Å². The number of hydrogen-bond acceptors (Lipinski definition) is 4. The predicted molar refractivity (Wildman–Crippen MR) is 85.5 cm³/mol. The lowest BCUT2D eigenvalue weighted by Gasteiger charge is -2.12. The summed E-state index contributed by atoms with van der Waals surface area (Å²) >= 11 is 0. The molecule has 6 heteroatoms. The first-order valence-corrected chi connectivity index (χ1v) is 7.78. The summed E-state index contributed by atoms with van der Waals surface area (Å²) in [6.07, 6.45) is 2.24. The Labute approximate surface area is 128 Å². The lowest BCUT2D eigenvalue weighted by molar-refractivity contribution is -0.143. The highest BCUT2D eigenvalue weighted by Crippen LogP contribution is 1.98. The molecule has 0 spiro atoms. The van der Waals surface area contributed by atoms with E-state index in [0.29, 0.717) is 32.1 Å². The molecule has 124 valence electrons. The zero-order valence-electron chi connectivity index (χ0n) is 13.9. The molecule has 6 nitrogen and oxygen atoms in total. The molecule has 0 aliphatic heterocycles. The molecule has 0 rings (SSSR count). The third-order valence-corrected chi connectivity index (χ3v) is 2.76. The van der Waals surface area contributed by atoms with Gasteiger partial charge in [-0.05, 0) is 25.7 Å². The van der Waals surface area contributed by atoms with Crippen LogP contribution in [0.5, 0.6) is 0 Å². The molecule has 0 amide bonds. The monoisotopic (exact) mass is 301 g/mol. The lowest BCUT2D eigenvalue weighted by Crippen LogP contribution is -2.39. The molecule has 0 atom stereocenters. The molecule has 0 aromatic heterocycles. The lowest BCUT2D eigenvalue weighted by atomic mass is 10.1. The second-order valence-electron chi connectivity index (χ2n) is 5.13. The smallest absolute Gasteiger partial charge is 0.305 e. The van der Waals surface area contributed by atoms with Crippen molar-refractivity contribution >= 4 is 11.9 Å². The Balaban J connectivity index is 3.53. The fraction of sp³-hybridized carbons (Fsp3) is 0.867. The summed E-state index contributed by atoms with van der Waals surface area (Å²) in [5, 5.41) is 6.32. The molecule has 0 fully saturated rings. The number of guanidine groups is 1. The van der Waals surface area contributed by atoms with Gasteiger partial charge in [-0.1, -0.05) is 13.8 Å². The quantitative estimate of drug-likeness (QED) is 0.262. The second-order valence-corrected chi connectivity index (χ2v) is 5.13. The first kappa shape index (κ1) is 19.7. The minimum absolute atomic E-state index is 0.152. The van der Waals surface area contributed by atoms with Gasteiger partial charge >= 0.3 is 5.97 Å². The van der Waals surface area contributed by atoms with Gasteiger partial charge in [0.15, 0.2) is 5.96 Å². The van der Waals surface area contributed by atoms with Crippen molar-refractivity contribution in [3.8, 4) is 0 Å². The summed E-state index contributed by atoms with van der Waals surface area (Å²) < 4.78 is 10.4. The summed E-state index contributed by atoms with van der Waals surface area (Å²) in [4.78, 5) is 15.3. The van der Waals surface area contributed by atoms with E-state index in [1.54, 1.807) is 7.05 Å². The Bertz CT molecular complexity index is 294. The van der Waals surface area contributed by atoms with Crippen LogP contribution in [0.2, 0.25) is 0 Å². The summed E-state index contributed by atoms with van der Waals surface area (Å²) in [5.41, 5.74) is 0. The van der Waals surface area contributed by atoms with Crippen LogP contribution in [0.3, 0.4) is 0 Å². The van der Waals surface area contributed by atoms with Gasteiger partial charge in [-0.2, -0.15) is 0 Å². The molecular weight excluding hydrogens is 270 g/mol. The Kier molecular flexibility index (Phi) is 12.8. The second kappa shape index (κ2) is 13.7. The minimum Gasteiger partial charge on any atom is -0.466 e. The van der Waals surface area contributed by atoms with Gasteiger partial charge in [-0.3, -0.25) is 9.79 Å². The van der Waals surface area contributed by atoms with Gasteiger partial charge in [-0.25, -0.2) is 0 Å². The highest BCUT2D eigenvalue weighted by molar-refractivity contribution is 5.79. The number of carbonyl (C=O) groups excluding carboxylic acids is 1. The van der Waals surface area contributed by atoms with Gasteiger partial charge in [0.25, 0.3) is 0 Å². The number of carbonyl (C=O) groups is 1. The van der Waals surface area contributed by atoms with Gasteiger partial charge < -0.3 is 20.1 Å². The number of ether oxygens (including phenoxy) is 2. The molecule has 21 heavy (non-hydrogen) atoms. The van der Waals surface area contributed by atoms with Crippen molar-refractivity contribution < 1.29 is 14.3 Å². The zero-order valence-corrected chi connectivity index (χ0v) is 13.9. The van der Waals surface area contributed by atoms with Gasteiger partial charge in [0.1, 0.15) is 0 Å². The van der Waals surface area contributed by atoms with E-state index in [4.69, 9.17) is 9.47 Å². The third-order valence-electron chi connectivity index (χ3n) is 2.76. The Morgan fingerprint density at radius 1 is 1.19 bits per heavy atom. The maximum absolute atomic E-state index is 11.2. The van der Waals surface area contributed by atoms with Crippen molar-refractivity contribution in [2.24, 2.45) is 10.9 Å². The average Bonchev–Trinajstić information content (AvgIpc) is 2.44. The summed E-state index contributed by atoms with van der Waals surface area (Å²) in [7, 11) is 1.72. The maximum atomic E-state index is 11.2. The van der Waals surface area contributed by atoms with Crippen molar-refractivity contribution in [1.29, 1.82) is 0 Å². The maximum Gasteiger partial charge on any atom is 0.305 e. The van der Waals surface area contributed by atoms with Gasteiger partial charge in [-0.15, -0.1) is 0 Å². The first-order chi connectivity index (χ1) is 10.1. The van der Waals surface area contributed by atoms with Crippen LogP contribution in [0.15, 0.2) is 4.99 Å². The topological polar surface area (TPSA) is 72.0 Å². The summed E-state index contributed by atoms with van der Waals surface area (Å²) in [5.74, 6) is 1.25. The van der Waals surface area contributed by atoms with E-state index in [1.807, 2.05) is 6.92 Å². The summed E-state index contributed by atoms with van der Waals surface area (Å²) in [6, 6.07) is 0. The van der Waals surface area contributed by atoms with E-state index in [9.17, 15) is 4.79 Å². The van der Waals surface area contributed by atoms with Gasteiger partial charge in [0.05, 0.1) is 13.2 Å². The van der Waals surface area contributed by atoms with Crippen LogP contribution < -0.4 is 10.6 Å². The van der Waals surface area contributed by atoms with Gasteiger partial charge in [0.2, 0.25) is 0 Å². The van der Waals surface area contributed by atoms with E-state index < -0.39 is 0 Å². The summed E-state index contributed by atoms with van der Waals surface area (Å²) in [6.45, 7) is 9.48. The van der Waals surface area contributed by atoms with E-state index >= 15 is 0 Å². The Morgan fingerprint density at radius 3 is 2.52 bits per heavy atom. The molecule has 0 saturated heterocycles. The van der Waals surface area contributed by atoms with Crippen LogP contribution in [0.4, 0.5) is 0 Å². The molecule has 0 heterocycles. The SMILES string of the molecule is CCOC(=O)CCCNC(=NC)NCCOCCC(C)C. The fourth-order valence-electron chi connectivity index (χ4n) is 1.56. The van der Waals surface area contributed by atoms with E-state index in [0.717, 1.165) is 32.0 Å². The van der Waals surface area contributed by atoms with Crippen LogP contribution in [0.25, 0.3) is 0 Å². The molecule has 2 N–H and O–H groups in total. The molecule has 0 aliphatic carbocycles. The van der Waals surface area contributed by atoms with E-state index in [-0.39, 0.29) is 5.97 Å². The molecule has 0 saturated carbocycles. The molecule has 0 unspecified atom stereocenters. The van der Waals surface area contributed by atoms with E-state index in [1.165, 1.54) is 0 Å². The number of hydrogen-bond donors (Lipinski definition) is 2. The van der Waals surface area contributed by atoms with Crippen molar-refractivity contribution in [3.05, 3.63) is 0 Å². The number of aliphatic imine (C=N–C) groups is 1. The Morgan fingerprint density at radius 2 is 1.90 bits per heavy atom. The van der Waals surface area contributed by atoms with Crippen LogP contribution in [-0.4, -0.2) is 51.9 Å². The molecular formula is C15H31N3O3.